The third-order valence-corrected chi connectivity index (χ3v) is 4.90. The molecule has 0 saturated carbocycles. The molecule has 0 unspecified atom stereocenters. The molecule has 3 aromatic rings. The zero-order valence-corrected chi connectivity index (χ0v) is 15.5. The van der Waals surface area contributed by atoms with Crippen LogP contribution in [-0.4, -0.2) is 64.9 Å². The summed E-state index contributed by atoms with van der Waals surface area (Å²) < 4.78 is 0. The molecule has 28 heavy (non-hydrogen) atoms. The summed E-state index contributed by atoms with van der Waals surface area (Å²) in [6.45, 7) is 4.01. The predicted octanol–water partition coefficient (Wildman–Crippen LogP) is 1.06. The Morgan fingerprint density at radius 3 is 2.54 bits per heavy atom. The Morgan fingerprint density at radius 2 is 1.86 bits per heavy atom. The van der Waals surface area contributed by atoms with Gasteiger partial charge in [0.15, 0.2) is 0 Å². The highest BCUT2D eigenvalue weighted by molar-refractivity contribution is 6.08. The number of fused-ring (bicyclic) bond motifs is 1. The van der Waals surface area contributed by atoms with Crippen molar-refractivity contribution in [3.63, 3.8) is 0 Å². The maximum absolute atomic E-state index is 12.6. The summed E-state index contributed by atoms with van der Waals surface area (Å²) in [4.78, 5) is 39.3. The SMILES string of the molecule is CN1CCN(c2ccc(C(=O)Nc3c[nH]c4nc(C(N)=O)ncc34)cc2)CC1. The average molecular weight is 379 g/mol. The third-order valence-electron chi connectivity index (χ3n) is 4.90. The number of hydrogen-bond acceptors (Lipinski definition) is 6. The van der Waals surface area contributed by atoms with Gasteiger partial charge >= 0.3 is 0 Å². The molecule has 2 amide bonds. The second kappa shape index (κ2) is 7.28. The number of nitrogens with zero attached hydrogens (tertiary/aromatic N) is 4. The summed E-state index contributed by atoms with van der Waals surface area (Å²) in [7, 11) is 2.12. The predicted molar refractivity (Wildman–Crippen MR) is 107 cm³/mol. The molecule has 3 heterocycles. The second-order valence-corrected chi connectivity index (χ2v) is 6.81. The Hall–Kier alpha value is -3.46. The first-order chi connectivity index (χ1) is 13.5. The molecule has 144 valence electrons. The number of nitrogens with one attached hydrogen (secondary N) is 2. The maximum Gasteiger partial charge on any atom is 0.286 e. The molecule has 4 N–H and O–H groups in total. The highest BCUT2D eigenvalue weighted by atomic mass is 16.2. The van der Waals surface area contributed by atoms with E-state index in [9.17, 15) is 9.59 Å². The van der Waals surface area contributed by atoms with Gasteiger partial charge in [-0.05, 0) is 31.3 Å². The van der Waals surface area contributed by atoms with E-state index in [4.69, 9.17) is 5.73 Å². The normalized spacial score (nSPS) is 15.0. The zero-order valence-electron chi connectivity index (χ0n) is 15.5. The van der Waals surface area contributed by atoms with Crippen LogP contribution in [0.2, 0.25) is 0 Å². The first-order valence-corrected chi connectivity index (χ1v) is 9.00. The molecule has 2 aromatic heterocycles. The van der Waals surface area contributed by atoms with E-state index in [0.717, 1.165) is 31.9 Å². The lowest BCUT2D eigenvalue weighted by Gasteiger charge is -2.34. The van der Waals surface area contributed by atoms with Crippen molar-refractivity contribution in [2.45, 2.75) is 0 Å². The summed E-state index contributed by atoms with van der Waals surface area (Å²) in [6, 6.07) is 7.58. The molecule has 9 heteroatoms. The average Bonchev–Trinajstić information content (AvgIpc) is 3.10. The maximum atomic E-state index is 12.6. The minimum Gasteiger partial charge on any atom is -0.369 e. The van der Waals surface area contributed by atoms with Crippen LogP contribution in [0.5, 0.6) is 0 Å². The van der Waals surface area contributed by atoms with E-state index in [-0.39, 0.29) is 11.7 Å². The van der Waals surface area contributed by atoms with Crippen molar-refractivity contribution in [3.05, 3.63) is 48.0 Å². The van der Waals surface area contributed by atoms with Crippen LogP contribution in [0.4, 0.5) is 11.4 Å². The summed E-state index contributed by atoms with van der Waals surface area (Å²) in [6.07, 6.45) is 3.08. The molecule has 0 atom stereocenters. The number of aromatic amines is 1. The summed E-state index contributed by atoms with van der Waals surface area (Å²) in [5, 5.41) is 3.45. The Morgan fingerprint density at radius 1 is 1.14 bits per heavy atom. The number of benzene rings is 1. The molecule has 0 aliphatic carbocycles. The van der Waals surface area contributed by atoms with E-state index >= 15 is 0 Å². The van der Waals surface area contributed by atoms with Gasteiger partial charge in [0.25, 0.3) is 11.8 Å². The molecule has 1 aromatic carbocycles. The van der Waals surface area contributed by atoms with E-state index in [1.807, 2.05) is 24.3 Å². The van der Waals surface area contributed by atoms with Gasteiger partial charge in [-0.2, -0.15) is 0 Å². The van der Waals surface area contributed by atoms with Crippen molar-refractivity contribution < 1.29 is 9.59 Å². The Labute approximate surface area is 161 Å². The molecule has 1 aliphatic heterocycles. The van der Waals surface area contributed by atoms with E-state index in [0.29, 0.717) is 22.3 Å². The van der Waals surface area contributed by atoms with Crippen molar-refractivity contribution in [2.24, 2.45) is 5.73 Å². The van der Waals surface area contributed by atoms with Crippen molar-refractivity contribution in [1.29, 1.82) is 0 Å². The van der Waals surface area contributed by atoms with Gasteiger partial charge in [0.1, 0.15) is 5.65 Å². The standard InChI is InChI=1S/C19H21N7O2/c1-25-6-8-26(9-7-25)13-4-2-12(3-5-13)19(28)23-15-11-22-17-14(15)10-21-18(24-17)16(20)27/h2-5,10-11H,6-9H2,1H3,(H2,20,27)(H,23,28)(H,21,22,24). The van der Waals surface area contributed by atoms with Crippen LogP contribution in [0.15, 0.2) is 36.7 Å². The number of carbonyl (C=O) groups excluding carboxylic acids is 2. The molecular weight excluding hydrogens is 358 g/mol. The number of hydrogen-bond donors (Lipinski definition) is 3. The van der Waals surface area contributed by atoms with E-state index in [1.165, 1.54) is 6.20 Å². The van der Waals surface area contributed by atoms with E-state index in [2.05, 4.69) is 37.1 Å². The smallest absolute Gasteiger partial charge is 0.286 e. The number of anilines is 2. The number of primary amides is 1. The topological polar surface area (TPSA) is 120 Å². The minimum atomic E-state index is -0.706. The van der Waals surface area contributed by atoms with Crippen LogP contribution in [0.3, 0.4) is 0 Å². The van der Waals surface area contributed by atoms with Crippen LogP contribution in [0.1, 0.15) is 21.0 Å². The Balaban J connectivity index is 1.48. The van der Waals surface area contributed by atoms with Crippen LogP contribution in [0, 0.1) is 0 Å². The monoisotopic (exact) mass is 379 g/mol. The van der Waals surface area contributed by atoms with E-state index in [1.54, 1.807) is 6.20 Å². The number of amides is 2. The molecule has 1 fully saturated rings. The van der Waals surface area contributed by atoms with Gasteiger partial charge < -0.3 is 25.8 Å². The van der Waals surface area contributed by atoms with Gasteiger partial charge in [-0.1, -0.05) is 0 Å². The van der Waals surface area contributed by atoms with Crippen LogP contribution in [-0.2, 0) is 0 Å². The molecule has 4 rings (SSSR count). The third kappa shape index (κ3) is 3.52. The zero-order chi connectivity index (χ0) is 19.7. The number of rotatable bonds is 4. The Bertz CT molecular complexity index is 1020. The van der Waals surface area contributed by atoms with Crippen molar-refractivity contribution in [3.8, 4) is 0 Å². The summed E-state index contributed by atoms with van der Waals surface area (Å²) >= 11 is 0. The van der Waals surface area contributed by atoms with Crippen molar-refractivity contribution in [2.75, 3.05) is 43.4 Å². The number of H-pyrrole nitrogens is 1. The number of carbonyl (C=O) groups is 2. The van der Waals surface area contributed by atoms with Gasteiger partial charge in [-0.3, -0.25) is 9.59 Å². The van der Waals surface area contributed by atoms with Gasteiger partial charge in [-0.15, -0.1) is 0 Å². The first kappa shape index (κ1) is 17.9. The molecule has 1 saturated heterocycles. The first-order valence-electron chi connectivity index (χ1n) is 9.00. The largest absolute Gasteiger partial charge is 0.369 e. The minimum absolute atomic E-state index is 0.0771. The summed E-state index contributed by atoms with van der Waals surface area (Å²) in [5.41, 5.74) is 7.84. The second-order valence-electron chi connectivity index (χ2n) is 6.81. The van der Waals surface area contributed by atoms with Gasteiger partial charge in [0.2, 0.25) is 5.82 Å². The number of nitrogens with two attached hydrogens (primary N) is 1. The summed E-state index contributed by atoms with van der Waals surface area (Å²) in [5.74, 6) is -1.01. The van der Waals surface area contributed by atoms with Crippen LogP contribution in [0.25, 0.3) is 11.0 Å². The van der Waals surface area contributed by atoms with Crippen molar-refractivity contribution >= 4 is 34.2 Å². The lowest BCUT2D eigenvalue weighted by Crippen LogP contribution is -2.44. The fraction of sp³-hybridized carbons (Fsp3) is 0.263. The van der Waals surface area contributed by atoms with Gasteiger partial charge in [0.05, 0.1) is 11.1 Å². The fourth-order valence-electron chi connectivity index (χ4n) is 3.21. The van der Waals surface area contributed by atoms with Crippen LogP contribution >= 0.6 is 0 Å². The highest BCUT2D eigenvalue weighted by Crippen LogP contribution is 2.22. The molecular formula is C19H21N7O2. The fourth-order valence-corrected chi connectivity index (χ4v) is 3.21. The van der Waals surface area contributed by atoms with Gasteiger partial charge in [0, 0.05) is 49.8 Å². The molecule has 9 nitrogen and oxygen atoms in total. The van der Waals surface area contributed by atoms with Crippen molar-refractivity contribution in [1.82, 2.24) is 19.9 Å². The highest BCUT2D eigenvalue weighted by Gasteiger charge is 2.16. The molecule has 0 bridgehead atoms. The van der Waals surface area contributed by atoms with Crippen LogP contribution < -0.4 is 16.0 Å². The number of likely N-dealkylation sites (N-methyl/N-ethyl adjacent to an activating group) is 1. The molecule has 0 radical (unpaired) electrons. The van der Waals surface area contributed by atoms with Gasteiger partial charge in [-0.25, -0.2) is 9.97 Å². The number of aromatic nitrogens is 3. The quantitative estimate of drug-likeness (QED) is 0.623. The lowest BCUT2D eigenvalue weighted by atomic mass is 10.1. The Kier molecular flexibility index (Phi) is 4.66. The lowest BCUT2D eigenvalue weighted by molar-refractivity contribution is 0.0988. The number of piperazine rings is 1. The molecule has 1 aliphatic rings. The van der Waals surface area contributed by atoms with E-state index < -0.39 is 5.91 Å². The molecule has 0 spiro atoms.